The monoisotopic (exact) mass is 291 g/mol. The second-order valence-corrected chi connectivity index (χ2v) is 8.48. The van der Waals surface area contributed by atoms with Crippen molar-refractivity contribution in [1.29, 1.82) is 0 Å². The molecule has 1 aromatic carbocycles. The molecule has 0 bridgehead atoms. The summed E-state index contributed by atoms with van der Waals surface area (Å²) < 4.78 is 0. The zero-order chi connectivity index (χ0) is 14.8. The van der Waals surface area contributed by atoms with E-state index in [-0.39, 0.29) is 5.54 Å². The Morgan fingerprint density at radius 1 is 1.25 bits per heavy atom. The first-order valence-corrected chi connectivity index (χ1v) is 8.82. The molecule has 2 heteroatoms. The van der Waals surface area contributed by atoms with Gasteiger partial charge in [0.05, 0.1) is 0 Å². The van der Waals surface area contributed by atoms with Gasteiger partial charge in [-0.2, -0.15) is 0 Å². The maximum Gasteiger partial charge on any atom is 0.0107 e. The van der Waals surface area contributed by atoms with E-state index in [4.69, 9.17) is 0 Å². The highest BCUT2D eigenvalue weighted by atomic mass is 32.2. The fraction of sp³-hybridized carbons (Fsp3) is 0.667. The summed E-state index contributed by atoms with van der Waals surface area (Å²) in [5.74, 6) is 3.50. The molecule has 0 amide bonds. The molecule has 1 aliphatic rings. The molecular formula is C18H29NS. The maximum absolute atomic E-state index is 3.69. The van der Waals surface area contributed by atoms with Gasteiger partial charge in [-0.3, -0.25) is 0 Å². The molecule has 0 aromatic heterocycles. The van der Waals surface area contributed by atoms with Crippen LogP contribution in [0.3, 0.4) is 0 Å². The Bertz CT molecular complexity index is 433. The predicted octanol–water partition coefficient (Wildman–Crippen LogP) is 4.93. The van der Waals surface area contributed by atoms with Crippen molar-refractivity contribution in [1.82, 2.24) is 5.32 Å². The number of hydrogen-bond acceptors (Lipinski definition) is 2. The second-order valence-electron chi connectivity index (χ2n) is 7.42. The Morgan fingerprint density at radius 2 is 1.95 bits per heavy atom. The molecule has 0 spiro atoms. The van der Waals surface area contributed by atoms with Crippen LogP contribution in [0.25, 0.3) is 0 Å². The van der Waals surface area contributed by atoms with Gasteiger partial charge >= 0.3 is 0 Å². The lowest BCUT2D eigenvalue weighted by Crippen LogP contribution is -2.40. The van der Waals surface area contributed by atoms with E-state index in [1.54, 1.807) is 5.56 Å². The predicted molar refractivity (Wildman–Crippen MR) is 90.6 cm³/mol. The van der Waals surface area contributed by atoms with Crippen molar-refractivity contribution in [2.24, 2.45) is 11.8 Å². The van der Waals surface area contributed by atoms with Crippen LogP contribution in [-0.2, 0) is 0 Å². The largest absolute Gasteiger partial charge is 0.312 e. The number of hydrogen-bond donors (Lipinski definition) is 1. The SMILES string of the molecule is CC(C)C(CNC(C)(C)C)CC1CSc2ccccc21. The summed E-state index contributed by atoms with van der Waals surface area (Å²) in [4.78, 5) is 1.50. The highest BCUT2D eigenvalue weighted by Gasteiger charge is 2.27. The van der Waals surface area contributed by atoms with Crippen molar-refractivity contribution < 1.29 is 0 Å². The smallest absolute Gasteiger partial charge is 0.0107 e. The van der Waals surface area contributed by atoms with E-state index < -0.39 is 0 Å². The van der Waals surface area contributed by atoms with E-state index in [0.29, 0.717) is 0 Å². The first-order valence-electron chi connectivity index (χ1n) is 7.83. The Kier molecular flexibility index (Phi) is 5.19. The molecule has 1 N–H and O–H groups in total. The van der Waals surface area contributed by atoms with Crippen molar-refractivity contribution in [2.45, 2.75) is 57.4 Å². The van der Waals surface area contributed by atoms with Crippen molar-refractivity contribution >= 4 is 11.8 Å². The molecule has 1 nitrogen and oxygen atoms in total. The van der Waals surface area contributed by atoms with Crippen LogP contribution in [0.2, 0.25) is 0 Å². The lowest BCUT2D eigenvalue weighted by Gasteiger charge is -2.29. The second kappa shape index (κ2) is 6.53. The van der Waals surface area contributed by atoms with Crippen LogP contribution in [0.15, 0.2) is 29.2 Å². The summed E-state index contributed by atoms with van der Waals surface area (Å²) >= 11 is 2.03. The van der Waals surface area contributed by atoms with Crippen LogP contribution < -0.4 is 5.32 Å². The van der Waals surface area contributed by atoms with E-state index in [2.05, 4.69) is 64.2 Å². The molecule has 2 atom stereocenters. The Balaban J connectivity index is 1.99. The van der Waals surface area contributed by atoms with Gasteiger partial charge < -0.3 is 5.32 Å². The van der Waals surface area contributed by atoms with Gasteiger partial charge in [-0.05, 0) is 63.1 Å². The number of fused-ring (bicyclic) bond motifs is 1. The summed E-state index contributed by atoms with van der Waals surface area (Å²) in [5, 5.41) is 3.69. The fourth-order valence-electron chi connectivity index (χ4n) is 2.82. The molecule has 0 radical (unpaired) electrons. The molecule has 20 heavy (non-hydrogen) atoms. The van der Waals surface area contributed by atoms with E-state index in [1.165, 1.54) is 17.1 Å². The van der Waals surface area contributed by atoms with Gasteiger partial charge in [0.2, 0.25) is 0 Å². The highest BCUT2D eigenvalue weighted by molar-refractivity contribution is 7.99. The summed E-state index contributed by atoms with van der Waals surface area (Å²) in [6, 6.07) is 8.96. The molecule has 0 aliphatic carbocycles. The molecule has 1 heterocycles. The number of rotatable bonds is 5. The Hall–Kier alpha value is -0.470. The first kappa shape index (κ1) is 15.9. The van der Waals surface area contributed by atoms with E-state index in [9.17, 15) is 0 Å². The van der Waals surface area contributed by atoms with Gasteiger partial charge in [-0.1, -0.05) is 32.0 Å². The lowest BCUT2D eigenvalue weighted by molar-refractivity contribution is 0.288. The molecule has 2 unspecified atom stereocenters. The normalized spacial score (nSPS) is 20.2. The van der Waals surface area contributed by atoms with Crippen LogP contribution in [0.5, 0.6) is 0 Å². The first-order chi connectivity index (χ1) is 9.37. The van der Waals surface area contributed by atoms with Gasteiger partial charge in [0.15, 0.2) is 0 Å². The minimum absolute atomic E-state index is 0.218. The average molecular weight is 292 g/mol. The zero-order valence-corrected chi connectivity index (χ0v) is 14.4. The maximum atomic E-state index is 3.69. The van der Waals surface area contributed by atoms with Crippen LogP contribution in [0.1, 0.15) is 52.5 Å². The van der Waals surface area contributed by atoms with Gasteiger partial charge in [-0.25, -0.2) is 0 Å². The Labute approximate surface area is 128 Å². The van der Waals surface area contributed by atoms with Crippen molar-refractivity contribution in [3.8, 4) is 0 Å². The van der Waals surface area contributed by atoms with Gasteiger partial charge in [0, 0.05) is 16.2 Å². The molecule has 1 aliphatic heterocycles. The molecule has 0 saturated heterocycles. The van der Waals surface area contributed by atoms with Crippen molar-refractivity contribution in [3.05, 3.63) is 29.8 Å². The summed E-state index contributed by atoms with van der Waals surface area (Å²) in [5.41, 5.74) is 1.80. The Morgan fingerprint density at radius 3 is 2.60 bits per heavy atom. The third-order valence-electron chi connectivity index (χ3n) is 4.22. The highest BCUT2D eigenvalue weighted by Crippen LogP contribution is 2.43. The minimum Gasteiger partial charge on any atom is -0.312 e. The summed E-state index contributed by atoms with van der Waals surface area (Å²) in [6.45, 7) is 12.6. The topological polar surface area (TPSA) is 12.0 Å². The standard InChI is InChI=1S/C18H29NS/c1-13(2)14(11-19-18(3,4)5)10-15-12-20-17-9-7-6-8-16(15)17/h6-9,13-15,19H,10-12H2,1-5H3. The van der Waals surface area contributed by atoms with Gasteiger partial charge in [0.1, 0.15) is 0 Å². The van der Waals surface area contributed by atoms with Crippen LogP contribution >= 0.6 is 11.8 Å². The number of nitrogens with one attached hydrogen (secondary N) is 1. The molecule has 2 rings (SSSR count). The van der Waals surface area contributed by atoms with Crippen LogP contribution in [-0.4, -0.2) is 17.8 Å². The van der Waals surface area contributed by atoms with Crippen LogP contribution in [0.4, 0.5) is 0 Å². The molecule has 1 aromatic rings. The fourth-order valence-corrected chi connectivity index (χ4v) is 4.09. The quantitative estimate of drug-likeness (QED) is 0.826. The van der Waals surface area contributed by atoms with Crippen LogP contribution in [0, 0.1) is 11.8 Å². The minimum atomic E-state index is 0.218. The zero-order valence-electron chi connectivity index (χ0n) is 13.6. The molecule has 0 fully saturated rings. The van der Waals surface area contributed by atoms with Crippen molar-refractivity contribution in [3.63, 3.8) is 0 Å². The third-order valence-corrected chi connectivity index (χ3v) is 5.48. The molecule has 112 valence electrons. The molecule has 0 saturated carbocycles. The van der Waals surface area contributed by atoms with E-state index >= 15 is 0 Å². The van der Waals surface area contributed by atoms with Crippen molar-refractivity contribution in [2.75, 3.05) is 12.3 Å². The lowest BCUT2D eigenvalue weighted by atomic mass is 9.83. The number of benzene rings is 1. The summed E-state index contributed by atoms with van der Waals surface area (Å²) in [6.07, 6.45) is 1.31. The number of thioether (sulfide) groups is 1. The average Bonchev–Trinajstić information content (AvgIpc) is 2.76. The van der Waals surface area contributed by atoms with Gasteiger partial charge in [0.25, 0.3) is 0 Å². The van der Waals surface area contributed by atoms with E-state index in [0.717, 1.165) is 24.3 Å². The van der Waals surface area contributed by atoms with Gasteiger partial charge in [-0.15, -0.1) is 11.8 Å². The third kappa shape index (κ3) is 4.26. The summed E-state index contributed by atoms with van der Waals surface area (Å²) in [7, 11) is 0. The molecular weight excluding hydrogens is 262 g/mol. The van der Waals surface area contributed by atoms with E-state index in [1.807, 2.05) is 11.8 Å².